The summed E-state index contributed by atoms with van der Waals surface area (Å²) in [6, 6.07) is 14.9. The second-order valence-electron chi connectivity index (χ2n) is 9.51. The molecule has 206 valence electrons. The van der Waals surface area contributed by atoms with Crippen LogP contribution in [0, 0.1) is 11.8 Å². The lowest BCUT2D eigenvalue weighted by molar-refractivity contribution is -0.143. The molecule has 0 saturated carbocycles. The van der Waals surface area contributed by atoms with E-state index in [4.69, 9.17) is 10.6 Å². The number of likely N-dealkylation sites (tertiary alicyclic amines) is 1. The van der Waals surface area contributed by atoms with Crippen LogP contribution in [-0.2, 0) is 4.79 Å². The molecule has 1 atom stereocenters. The van der Waals surface area contributed by atoms with Gasteiger partial charge in [-0.2, -0.15) is 0 Å². The Morgan fingerprint density at radius 1 is 1.07 bits per heavy atom. The van der Waals surface area contributed by atoms with E-state index in [1.807, 2.05) is 24.3 Å². The number of nitrogens with one attached hydrogen (secondary N) is 1. The number of ether oxygens (including phenoxy) is 1. The fourth-order valence-electron chi connectivity index (χ4n) is 4.87. The average molecular weight is 550 g/mol. The smallest absolute Gasteiger partial charge is 0.326 e. The van der Waals surface area contributed by atoms with Crippen LogP contribution in [0.3, 0.4) is 0 Å². The van der Waals surface area contributed by atoms with Gasteiger partial charge in [-0.15, -0.1) is 0 Å². The zero-order chi connectivity index (χ0) is 28.9. The zero-order valence-electron chi connectivity index (χ0n) is 22.3. The van der Waals surface area contributed by atoms with Gasteiger partial charge in [0.15, 0.2) is 0 Å². The largest absolute Gasteiger partial charge is 0.495 e. The third-order valence-electron chi connectivity index (χ3n) is 7.01. The molecule has 5 rings (SSSR count). The molecule has 1 aliphatic rings. The van der Waals surface area contributed by atoms with Crippen LogP contribution in [0.4, 0.5) is 0 Å². The summed E-state index contributed by atoms with van der Waals surface area (Å²) in [4.78, 5) is 47.3. The zero-order valence-corrected chi connectivity index (χ0v) is 22.3. The number of carboxylic acid groups (broad SMARTS) is 1. The Hall–Kier alpha value is -5.27. The van der Waals surface area contributed by atoms with Crippen molar-refractivity contribution in [3.05, 3.63) is 89.2 Å². The number of carbonyl (C=O) groups excluding carboxylic acids is 2. The number of methoxy groups -OCH3 is 1. The SMILES string of the molecule is COc1cc(C(=O)N2CCCCC2C(=O)O)ccc1C#Cc1ccc(-c2cc(C(=O)NN)c3cnccc3n2)cc1. The second-order valence-corrected chi connectivity index (χ2v) is 9.51. The van der Waals surface area contributed by atoms with E-state index in [2.05, 4.69) is 27.2 Å². The third-order valence-corrected chi connectivity index (χ3v) is 7.01. The molecular formula is C31H27N5O5. The van der Waals surface area contributed by atoms with Crippen molar-refractivity contribution in [1.29, 1.82) is 0 Å². The first kappa shape index (κ1) is 27.3. The average Bonchev–Trinajstić information content (AvgIpc) is 3.02. The van der Waals surface area contributed by atoms with Gasteiger partial charge in [0, 0.05) is 41.0 Å². The van der Waals surface area contributed by atoms with E-state index in [-0.39, 0.29) is 5.91 Å². The highest BCUT2D eigenvalue weighted by atomic mass is 16.5. The van der Waals surface area contributed by atoms with Gasteiger partial charge in [0.05, 0.1) is 29.4 Å². The van der Waals surface area contributed by atoms with Gasteiger partial charge >= 0.3 is 5.97 Å². The summed E-state index contributed by atoms with van der Waals surface area (Å²) >= 11 is 0. The number of hydrogen-bond acceptors (Lipinski definition) is 7. The normalized spacial score (nSPS) is 14.6. The molecule has 4 N–H and O–H groups in total. The Bertz CT molecular complexity index is 1710. The number of carboxylic acids is 1. The van der Waals surface area contributed by atoms with E-state index >= 15 is 0 Å². The summed E-state index contributed by atoms with van der Waals surface area (Å²) in [5.74, 6) is 10.2. The lowest BCUT2D eigenvalue weighted by atomic mass is 10.0. The number of aromatic nitrogens is 2. The van der Waals surface area contributed by atoms with Crippen molar-refractivity contribution in [3.8, 4) is 28.8 Å². The predicted molar refractivity (Wildman–Crippen MR) is 152 cm³/mol. The number of pyridine rings is 2. The summed E-state index contributed by atoms with van der Waals surface area (Å²) < 4.78 is 5.49. The van der Waals surface area contributed by atoms with E-state index in [0.29, 0.717) is 52.0 Å². The first-order valence-corrected chi connectivity index (χ1v) is 13.0. The molecule has 2 aromatic carbocycles. The molecule has 10 nitrogen and oxygen atoms in total. The molecule has 0 spiro atoms. The highest BCUT2D eigenvalue weighted by Crippen LogP contribution is 2.26. The molecular weight excluding hydrogens is 522 g/mol. The Labute approximate surface area is 236 Å². The van der Waals surface area contributed by atoms with Gasteiger partial charge in [-0.25, -0.2) is 15.6 Å². The van der Waals surface area contributed by atoms with Crippen molar-refractivity contribution >= 4 is 28.7 Å². The van der Waals surface area contributed by atoms with Crippen molar-refractivity contribution in [3.63, 3.8) is 0 Å². The topological polar surface area (TPSA) is 148 Å². The first-order valence-electron chi connectivity index (χ1n) is 13.0. The molecule has 41 heavy (non-hydrogen) atoms. The quantitative estimate of drug-likeness (QED) is 0.149. The van der Waals surface area contributed by atoms with Crippen LogP contribution in [-0.4, -0.2) is 57.5 Å². The van der Waals surface area contributed by atoms with Gasteiger partial charge in [-0.3, -0.25) is 20.0 Å². The highest BCUT2D eigenvalue weighted by Gasteiger charge is 2.32. The number of fused-ring (bicyclic) bond motifs is 1. The lowest BCUT2D eigenvalue weighted by Crippen LogP contribution is -2.47. The fourth-order valence-corrected chi connectivity index (χ4v) is 4.87. The van der Waals surface area contributed by atoms with Crippen LogP contribution in [0.5, 0.6) is 5.75 Å². The summed E-state index contributed by atoms with van der Waals surface area (Å²) in [5, 5.41) is 10.1. The fraction of sp³-hybridized carbons (Fsp3) is 0.194. The first-order chi connectivity index (χ1) is 19.9. The minimum atomic E-state index is -0.992. The van der Waals surface area contributed by atoms with Gasteiger partial charge in [-0.1, -0.05) is 24.0 Å². The van der Waals surface area contributed by atoms with Crippen LogP contribution in [0.2, 0.25) is 0 Å². The number of amides is 2. The Morgan fingerprint density at radius 2 is 1.88 bits per heavy atom. The van der Waals surface area contributed by atoms with E-state index in [1.54, 1.807) is 42.7 Å². The van der Waals surface area contributed by atoms with Crippen molar-refractivity contribution in [2.75, 3.05) is 13.7 Å². The molecule has 1 unspecified atom stereocenters. The number of rotatable bonds is 5. The summed E-state index contributed by atoms with van der Waals surface area (Å²) in [7, 11) is 1.50. The number of hydrogen-bond donors (Lipinski definition) is 3. The van der Waals surface area contributed by atoms with Crippen molar-refractivity contribution < 1.29 is 24.2 Å². The van der Waals surface area contributed by atoms with Crippen LogP contribution < -0.4 is 16.0 Å². The van der Waals surface area contributed by atoms with E-state index < -0.39 is 17.9 Å². The van der Waals surface area contributed by atoms with Crippen LogP contribution in [0.15, 0.2) is 67.0 Å². The summed E-state index contributed by atoms with van der Waals surface area (Å²) in [6.07, 6.45) is 5.18. The van der Waals surface area contributed by atoms with Crippen LogP contribution >= 0.6 is 0 Å². The molecule has 1 aliphatic heterocycles. The molecule has 1 saturated heterocycles. The number of nitrogens with zero attached hydrogens (tertiary/aromatic N) is 3. The minimum Gasteiger partial charge on any atom is -0.495 e. The third kappa shape index (κ3) is 5.71. The van der Waals surface area contributed by atoms with Crippen LogP contribution in [0.1, 0.15) is 51.1 Å². The monoisotopic (exact) mass is 549 g/mol. The maximum Gasteiger partial charge on any atom is 0.326 e. The van der Waals surface area contributed by atoms with Gasteiger partial charge in [0.2, 0.25) is 0 Å². The summed E-state index contributed by atoms with van der Waals surface area (Å²) in [5.41, 5.74) is 6.22. The van der Waals surface area contributed by atoms with E-state index in [9.17, 15) is 19.5 Å². The molecule has 0 aliphatic carbocycles. The van der Waals surface area contributed by atoms with Gasteiger partial charge in [0.25, 0.3) is 11.8 Å². The van der Waals surface area contributed by atoms with Crippen molar-refractivity contribution in [2.45, 2.75) is 25.3 Å². The van der Waals surface area contributed by atoms with E-state index in [1.165, 1.54) is 12.0 Å². The molecule has 0 radical (unpaired) electrons. The van der Waals surface area contributed by atoms with Crippen molar-refractivity contribution in [1.82, 2.24) is 20.3 Å². The Kier molecular flexibility index (Phi) is 7.90. The molecule has 3 heterocycles. The molecule has 2 amide bonds. The number of nitrogen functional groups attached to an aromatic ring is 1. The summed E-state index contributed by atoms with van der Waals surface area (Å²) in [6.45, 7) is 0.406. The maximum absolute atomic E-state index is 13.1. The standard InChI is InChI=1S/C31H27N5O5/c1-41-28-16-22(30(38)36-15-3-2-4-27(36)31(39)40)12-11-21(28)10-7-19-5-8-20(9-6-19)26-17-23(29(37)35-32)24-18-33-14-13-25(24)34-26/h5-6,8-9,11-14,16-18,27H,2-4,15,32H2,1H3,(H,35,37)(H,39,40). The highest BCUT2D eigenvalue weighted by molar-refractivity contribution is 6.06. The Morgan fingerprint density at radius 3 is 2.61 bits per heavy atom. The molecule has 0 bridgehead atoms. The van der Waals surface area contributed by atoms with Crippen LogP contribution in [0.25, 0.3) is 22.2 Å². The molecule has 2 aromatic heterocycles. The molecule has 10 heteroatoms. The molecule has 4 aromatic rings. The number of carbonyl (C=O) groups is 3. The number of benzene rings is 2. The lowest BCUT2D eigenvalue weighted by Gasteiger charge is -2.33. The van der Waals surface area contributed by atoms with Gasteiger partial charge in [-0.05, 0) is 61.7 Å². The number of piperidine rings is 1. The number of hydrazine groups is 1. The van der Waals surface area contributed by atoms with Gasteiger partial charge < -0.3 is 14.7 Å². The van der Waals surface area contributed by atoms with E-state index in [0.717, 1.165) is 24.0 Å². The second kappa shape index (κ2) is 11.9. The number of aliphatic carboxylic acids is 1. The van der Waals surface area contributed by atoms with Crippen molar-refractivity contribution in [2.24, 2.45) is 5.84 Å². The van der Waals surface area contributed by atoms with Gasteiger partial charge in [0.1, 0.15) is 11.8 Å². The Balaban J connectivity index is 1.38. The minimum absolute atomic E-state index is 0.337. The maximum atomic E-state index is 13.1. The predicted octanol–water partition coefficient (Wildman–Crippen LogP) is 3.39. The molecule has 1 fully saturated rings. The number of nitrogens with two attached hydrogens (primary N) is 1.